The number of rotatable bonds is 4. The van der Waals surface area contributed by atoms with Crippen LogP contribution in [0.1, 0.15) is 25.7 Å². The number of hydrogen-bond acceptors (Lipinski definition) is 3. The van der Waals surface area contributed by atoms with E-state index in [2.05, 4.69) is 10.6 Å². The predicted molar refractivity (Wildman–Crippen MR) is 90.8 cm³/mol. The molecule has 1 saturated heterocycles. The highest BCUT2D eigenvalue weighted by molar-refractivity contribution is 5.99. The van der Waals surface area contributed by atoms with Crippen LogP contribution >= 0.6 is 0 Å². The van der Waals surface area contributed by atoms with Gasteiger partial charge in [-0.2, -0.15) is 0 Å². The van der Waals surface area contributed by atoms with Crippen LogP contribution in [-0.4, -0.2) is 36.2 Å². The maximum Gasteiger partial charge on any atom is 0.319 e. The van der Waals surface area contributed by atoms with Crippen molar-refractivity contribution < 1.29 is 14.7 Å². The molecule has 3 N–H and O–H groups in total. The smallest absolute Gasteiger partial charge is 0.319 e. The third kappa shape index (κ3) is 2.65. The maximum atomic E-state index is 12.3. The third-order valence-corrected chi connectivity index (χ3v) is 5.88. The van der Waals surface area contributed by atoms with Gasteiger partial charge in [0.25, 0.3) is 0 Å². The zero-order valence-electron chi connectivity index (χ0n) is 13.6. The normalized spacial score (nSPS) is 31.0. The van der Waals surface area contributed by atoms with Crippen LogP contribution in [0.5, 0.6) is 0 Å². The molecule has 1 aliphatic heterocycles. The standard InChI is InChI=1S/C18H23N3O3/c22-10-15-11-1-2-12(9-11)17(15)20-18(24)19-13-3-5-14(6-4-13)21-8-7-16(21)23/h3-6,11-12,15,17,22H,1-2,7-10H2,(H2,19,20,24)/t11-,12-,15+,17-/m0/s1. The third-order valence-electron chi connectivity index (χ3n) is 5.88. The van der Waals surface area contributed by atoms with Gasteiger partial charge < -0.3 is 20.6 Å². The van der Waals surface area contributed by atoms with Gasteiger partial charge in [0.2, 0.25) is 5.91 Å². The number of aliphatic hydroxyl groups excluding tert-OH is 1. The Balaban J connectivity index is 1.35. The van der Waals surface area contributed by atoms with Crippen LogP contribution in [0, 0.1) is 17.8 Å². The molecule has 6 heteroatoms. The Kier molecular flexibility index (Phi) is 3.92. The second-order valence-corrected chi connectivity index (χ2v) is 7.15. The van der Waals surface area contributed by atoms with Crippen molar-refractivity contribution in [3.63, 3.8) is 0 Å². The molecule has 4 atom stereocenters. The molecule has 1 heterocycles. The molecule has 2 saturated carbocycles. The first-order chi connectivity index (χ1) is 11.7. The van der Waals surface area contributed by atoms with E-state index in [1.807, 2.05) is 24.3 Å². The van der Waals surface area contributed by atoms with Crippen LogP contribution in [0.4, 0.5) is 16.2 Å². The number of carbonyl (C=O) groups excluding carboxylic acids is 2. The van der Waals surface area contributed by atoms with Crippen LogP contribution in [-0.2, 0) is 4.79 Å². The van der Waals surface area contributed by atoms with E-state index in [-0.39, 0.29) is 30.5 Å². The van der Waals surface area contributed by atoms with Crippen LogP contribution < -0.4 is 15.5 Å². The Labute approximate surface area is 141 Å². The SMILES string of the molecule is O=C(Nc1ccc(N2CCC2=O)cc1)N[C@H]1[C@H]2CC[C@@H](C2)[C@H]1CO. The zero-order chi connectivity index (χ0) is 16.7. The molecule has 128 valence electrons. The number of β-lactam (4-membered cyclic amide) rings is 1. The number of amides is 3. The number of benzene rings is 1. The van der Waals surface area contributed by atoms with Crippen LogP contribution in [0.15, 0.2) is 24.3 Å². The van der Waals surface area contributed by atoms with Gasteiger partial charge in [0, 0.05) is 42.9 Å². The zero-order valence-corrected chi connectivity index (χ0v) is 13.6. The number of nitrogens with zero attached hydrogens (tertiary/aromatic N) is 1. The van der Waals surface area contributed by atoms with E-state index in [4.69, 9.17) is 0 Å². The second-order valence-electron chi connectivity index (χ2n) is 7.15. The van der Waals surface area contributed by atoms with Gasteiger partial charge in [-0.05, 0) is 55.4 Å². The minimum Gasteiger partial charge on any atom is -0.396 e. The lowest BCUT2D eigenvalue weighted by Gasteiger charge is -2.31. The number of carbonyl (C=O) groups is 2. The fourth-order valence-electron chi connectivity index (χ4n) is 4.53. The summed E-state index contributed by atoms with van der Waals surface area (Å²) in [4.78, 5) is 25.4. The first-order valence-electron chi connectivity index (χ1n) is 8.74. The van der Waals surface area contributed by atoms with E-state index in [0.29, 0.717) is 23.9 Å². The Hall–Kier alpha value is -2.08. The molecule has 1 aromatic rings. The Morgan fingerprint density at radius 1 is 1.21 bits per heavy atom. The molecule has 0 aromatic heterocycles. The molecule has 0 spiro atoms. The summed E-state index contributed by atoms with van der Waals surface area (Å²) < 4.78 is 0. The molecule has 2 bridgehead atoms. The summed E-state index contributed by atoms with van der Waals surface area (Å²) >= 11 is 0. The number of fused-ring (bicyclic) bond motifs is 2. The van der Waals surface area contributed by atoms with Crippen LogP contribution in [0.25, 0.3) is 0 Å². The number of nitrogens with one attached hydrogen (secondary N) is 2. The van der Waals surface area contributed by atoms with Gasteiger partial charge in [0.15, 0.2) is 0 Å². The highest BCUT2D eigenvalue weighted by Gasteiger charge is 2.47. The van der Waals surface area contributed by atoms with Gasteiger partial charge in [-0.25, -0.2) is 4.79 Å². The van der Waals surface area contributed by atoms with Gasteiger partial charge in [-0.1, -0.05) is 0 Å². The van der Waals surface area contributed by atoms with Crippen molar-refractivity contribution in [3.05, 3.63) is 24.3 Å². The second kappa shape index (κ2) is 6.09. The van der Waals surface area contributed by atoms with E-state index < -0.39 is 0 Å². The number of anilines is 2. The van der Waals surface area contributed by atoms with Gasteiger partial charge in [-0.15, -0.1) is 0 Å². The molecule has 0 radical (unpaired) electrons. The quantitative estimate of drug-likeness (QED) is 0.739. The molecule has 0 unspecified atom stereocenters. The average molecular weight is 329 g/mol. The first kappa shape index (κ1) is 15.4. The van der Waals surface area contributed by atoms with E-state index in [1.54, 1.807) is 4.90 Å². The van der Waals surface area contributed by atoms with E-state index >= 15 is 0 Å². The van der Waals surface area contributed by atoms with Gasteiger partial charge in [0.05, 0.1) is 0 Å². The van der Waals surface area contributed by atoms with Crippen LogP contribution in [0.2, 0.25) is 0 Å². The molecular formula is C18H23N3O3. The van der Waals surface area contributed by atoms with Gasteiger partial charge in [-0.3, -0.25) is 4.79 Å². The average Bonchev–Trinajstić information content (AvgIpc) is 3.16. The maximum absolute atomic E-state index is 12.3. The van der Waals surface area contributed by atoms with E-state index in [0.717, 1.165) is 25.1 Å². The Bertz CT molecular complexity index is 645. The monoisotopic (exact) mass is 329 g/mol. The topological polar surface area (TPSA) is 81.7 Å². The fourth-order valence-corrected chi connectivity index (χ4v) is 4.53. The highest BCUT2D eigenvalue weighted by Crippen LogP contribution is 2.48. The molecule has 24 heavy (non-hydrogen) atoms. The van der Waals surface area contributed by atoms with Crippen molar-refractivity contribution in [2.45, 2.75) is 31.7 Å². The van der Waals surface area contributed by atoms with Crippen molar-refractivity contribution in [2.75, 3.05) is 23.4 Å². The van der Waals surface area contributed by atoms with Crippen LogP contribution in [0.3, 0.4) is 0 Å². The van der Waals surface area contributed by atoms with E-state index in [1.165, 1.54) is 6.42 Å². The number of urea groups is 1. The molecule has 3 aliphatic rings. The Morgan fingerprint density at radius 3 is 2.58 bits per heavy atom. The molecule has 2 aliphatic carbocycles. The summed E-state index contributed by atoms with van der Waals surface area (Å²) in [5, 5.41) is 15.5. The summed E-state index contributed by atoms with van der Waals surface area (Å²) in [5.74, 6) is 1.38. The van der Waals surface area contributed by atoms with Crippen molar-refractivity contribution in [1.82, 2.24) is 5.32 Å². The van der Waals surface area contributed by atoms with Crippen molar-refractivity contribution >= 4 is 23.3 Å². The molecule has 1 aromatic carbocycles. The Morgan fingerprint density at radius 2 is 1.96 bits per heavy atom. The summed E-state index contributed by atoms with van der Waals surface area (Å²) in [5.41, 5.74) is 1.57. The molecule has 3 fully saturated rings. The van der Waals surface area contributed by atoms with Gasteiger partial charge in [0.1, 0.15) is 0 Å². The molecule has 4 rings (SSSR count). The minimum atomic E-state index is -0.223. The molecular weight excluding hydrogens is 306 g/mol. The van der Waals surface area contributed by atoms with Crippen molar-refractivity contribution in [2.24, 2.45) is 17.8 Å². The summed E-state index contributed by atoms with van der Waals surface area (Å²) in [6, 6.07) is 7.17. The number of aliphatic hydroxyl groups is 1. The predicted octanol–water partition coefficient (Wildman–Crippen LogP) is 1.95. The summed E-state index contributed by atoms with van der Waals surface area (Å²) in [6.45, 7) is 0.906. The lowest BCUT2D eigenvalue weighted by atomic mass is 9.85. The largest absolute Gasteiger partial charge is 0.396 e. The lowest BCUT2D eigenvalue weighted by molar-refractivity contribution is -0.122. The number of hydrogen-bond donors (Lipinski definition) is 3. The molecule has 3 amide bonds. The summed E-state index contributed by atoms with van der Waals surface area (Å²) in [7, 11) is 0. The van der Waals surface area contributed by atoms with Crippen molar-refractivity contribution in [1.29, 1.82) is 0 Å². The van der Waals surface area contributed by atoms with Crippen molar-refractivity contribution in [3.8, 4) is 0 Å². The summed E-state index contributed by atoms with van der Waals surface area (Å²) in [6.07, 6.45) is 4.05. The highest BCUT2D eigenvalue weighted by atomic mass is 16.3. The van der Waals surface area contributed by atoms with Gasteiger partial charge >= 0.3 is 6.03 Å². The molecule has 6 nitrogen and oxygen atoms in total. The lowest BCUT2D eigenvalue weighted by Crippen LogP contribution is -2.46. The van der Waals surface area contributed by atoms with E-state index in [9.17, 15) is 14.7 Å². The fraction of sp³-hybridized carbons (Fsp3) is 0.556. The first-order valence-corrected chi connectivity index (χ1v) is 8.74. The minimum absolute atomic E-state index is 0.0757.